The summed E-state index contributed by atoms with van der Waals surface area (Å²) < 4.78 is 7.01. The molecule has 1 N–H and O–H groups in total. The van der Waals surface area contributed by atoms with E-state index in [0.717, 1.165) is 5.56 Å². The Morgan fingerprint density at radius 3 is 2.66 bits per heavy atom. The first-order valence-electron chi connectivity index (χ1n) is 8.74. The highest BCUT2D eigenvalue weighted by atomic mass is 35.5. The van der Waals surface area contributed by atoms with Crippen LogP contribution in [0.2, 0.25) is 5.02 Å². The molecular formula is C21H17ClN4O3. The second-order valence-corrected chi connectivity index (χ2v) is 6.65. The molecule has 2 aromatic carbocycles. The summed E-state index contributed by atoms with van der Waals surface area (Å²) in [6.45, 7) is 2.07. The van der Waals surface area contributed by atoms with E-state index in [1.54, 1.807) is 29.1 Å². The van der Waals surface area contributed by atoms with E-state index in [9.17, 15) is 9.59 Å². The summed E-state index contributed by atoms with van der Waals surface area (Å²) in [6.07, 6.45) is 2.54. The van der Waals surface area contributed by atoms with Gasteiger partial charge in [0.15, 0.2) is 6.10 Å². The molecule has 8 heteroatoms. The van der Waals surface area contributed by atoms with Crippen LogP contribution in [0.5, 0.6) is 0 Å². The summed E-state index contributed by atoms with van der Waals surface area (Å²) in [7, 11) is 0. The second kappa shape index (κ2) is 9.04. The molecule has 1 atom stereocenters. The number of amides is 1. The summed E-state index contributed by atoms with van der Waals surface area (Å²) in [5, 5.41) is 15.8. The standard InChI is InChI=1S/C21H17ClN4O3/c1-14(20(27)25-18-8-7-17(12-23)19(22)11-18)29-21(28)16-5-3-15(4-6-16)13-26-10-2-9-24-26/h2-11,14H,13H2,1H3,(H,25,27). The highest BCUT2D eigenvalue weighted by molar-refractivity contribution is 6.32. The molecule has 7 nitrogen and oxygen atoms in total. The van der Waals surface area contributed by atoms with Gasteiger partial charge in [0.05, 0.1) is 22.7 Å². The Balaban J connectivity index is 1.57. The lowest BCUT2D eigenvalue weighted by Crippen LogP contribution is -2.30. The number of nitrogens with zero attached hydrogens (tertiary/aromatic N) is 3. The molecule has 0 saturated carbocycles. The molecule has 0 saturated heterocycles. The van der Waals surface area contributed by atoms with Crippen molar-refractivity contribution in [1.29, 1.82) is 5.26 Å². The van der Waals surface area contributed by atoms with Crippen LogP contribution in [0.1, 0.15) is 28.4 Å². The lowest BCUT2D eigenvalue weighted by atomic mass is 10.1. The van der Waals surface area contributed by atoms with Crippen molar-refractivity contribution in [3.63, 3.8) is 0 Å². The molecule has 0 bridgehead atoms. The molecule has 0 aliphatic heterocycles. The number of halogens is 1. The zero-order chi connectivity index (χ0) is 20.8. The van der Waals surface area contributed by atoms with Crippen LogP contribution in [0.3, 0.4) is 0 Å². The Labute approximate surface area is 172 Å². The molecule has 0 fully saturated rings. The topological polar surface area (TPSA) is 97.0 Å². The minimum absolute atomic E-state index is 0.227. The molecule has 146 valence electrons. The molecule has 1 amide bonds. The first kappa shape index (κ1) is 20.1. The van der Waals surface area contributed by atoms with Gasteiger partial charge in [-0.05, 0) is 48.9 Å². The molecule has 3 aromatic rings. The number of rotatable bonds is 6. The van der Waals surface area contributed by atoms with E-state index in [1.807, 2.05) is 30.5 Å². The molecule has 0 aliphatic rings. The molecule has 3 rings (SSSR count). The van der Waals surface area contributed by atoms with Crippen LogP contribution in [0.4, 0.5) is 5.69 Å². The maximum Gasteiger partial charge on any atom is 0.338 e. The van der Waals surface area contributed by atoms with Crippen molar-refractivity contribution in [2.75, 3.05) is 5.32 Å². The van der Waals surface area contributed by atoms with Crippen molar-refractivity contribution in [1.82, 2.24) is 9.78 Å². The van der Waals surface area contributed by atoms with Crippen LogP contribution < -0.4 is 5.32 Å². The zero-order valence-electron chi connectivity index (χ0n) is 15.5. The van der Waals surface area contributed by atoms with Crippen molar-refractivity contribution in [3.8, 4) is 6.07 Å². The maximum atomic E-state index is 12.3. The minimum atomic E-state index is -1.01. The average molecular weight is 409 g/mol. The van der Waals surface area contributed by atoms with Gasteiger partial charge in [0.2, 0.25) is 0 Å². The van der Waals surface area contributed by atoms with Gasteiger partial charge in [-0.3, -0.25) is 9.48 Å². The van der Waals surface area contributed by atoms with Gasteiger partial charge >= 0.3 is 5.97 Å². The number of anilines is 1. The minimum Gasteiger partial charge on any atom is -0.449 e. The molecule has 0 aliphatic carbocycles. The molecule has 1 heterocycles. The van der Waals surface area contributed by atoms with E-state index < -0.39 is 18.0 Å². The number of benzene rings is 2. The molecule has 1 unspecified atom stereocenters. The third kappa shape index (κ3) is 5.21. The monoisotopic (exact) mass is 408 g/mol. The van der Waals surface area contributed by atoms with Gasteiger partial charge in [0.1, 0.15) is 6.07 Å². The Bertz CT molecular complexity index is 1060. The third-order valence-corrected chi connectivity index (χ3v) is 4.42. The van der Waals surface area contributed by atoms with Crippen LogP contribution in [0, 0.1) is 11.3 Å². The van der Waals surface area contributed by atoms with Crippen LogP contribution in [0.15, 0.2) is 60.9 Å². The Morgan fingerprint density at radius 1 is 1.28 bits per heavy atom. The number of nitrogens with one attached hydrogen (secondary N) is 1. The Morgan fingerprint density at radius 2 is 2.03 bits per heavy atom. The predicted octanol–water partition coefficient (Wildman–Crippen LogP) is 3.64. The smallest absolute Gasteiger partial charge is 0.338 e. The number of carbonyl (C=O) groups excluding carboxylic acids is 2. The first-order valence-corrected chi connectivity index (χ1v) is 9.12. The number of esters is 1. The van der Waals surface area contributed by atoms with Crippen molar-refractivity contribution in [2.45, 2.75) is 19.6 Å². The highest BCUT2D eigenvalue weighted by Gasteiger charge is 2.19. The predicted molar refractivity (Wildman–Crippen MR) is 107 cm³/mol. The fourth-order valence-corrected chi connectivity index (χ4v) is 2.76. The molecule has 0 radical (unpaired) electrons. The summed E-state index contributed by atoms with van der Waals surface area (Å²) >= 11 is 5.95. The number of carbonyl (C=O) groups is 2. The van der Waals surface area contributed by atoms with E-state index in [-0.39, 0.29) is 5.02 Å². The Hall–Kier alpha value is -3.63. The molecule has 29 heavy (non-hydrogen) atoms. The van der Waals surface area contributed by atoms with Crippen molar-refractivity contribution >= 4 is 29.2 Å². The molecule has 1 aromatic heterocycles. The average Bonchev–Trinajstić information content (AvgIpc) is 3.21. The van der Waals surface area contributed by atoms with Gasteiger partial charge in [-0.15, -0.1) is 0 Å². The van der Waals surface area contributed by atoms with E-state index >= 15 is 0 Å². The number of aromatic nitrogens is 2. The zero-order valence-corrected chi connectivity index (χ0v) is 16.3. The number of hydrogen-bond donors (Lipinski definition) is 1. The highest BCUT2D eigenvalue weighted by Crippen LogP contribution is 2.20. The van der Waals surface area contributed by atoms with E-state index in [2.05, 4.69) is 10.4 Å². The fourth-order valence-electron chi connectivity index (χ4n) is 2.54. The van der Waals surface area contributed by atoms with Gasteiger partial charge in [-0.1, -0.05) is 23.7 Å². The Kier molecular flexibility index (Phi) is 6.27. The summed E-state index contributed by atoms with van der Waals surface area (Å²) in [6, 6.07) is 15.2. The van der Waals surface area contributed by atoms with Crippen molar-refractivity contribution < 1.29 is 14.3 Å². The normalized spacial score (nSPS) is 11.3. The van der Waals surface area contributed by atoms with Crippen molar-refractivity contribution in [2.24, 2.45) is 0 Å². The quantitative estimate of drug-likeness (QED) is 0.628. The van der Waals surface area contributed by atoms with Gasteiger partial charge in [0, 0.05) is 18.1 Å². The maximum absolute atomic E-state index is 12.3. The van der Waals surface area contributed by atoms with Crippen LogP contribution in [-0.2, 0) is 16.1 Å². The van der Waals surface area contributed by atoms with Gasteiger partial charge in [0.25, 0.3) is 5.91 Å². The largest absolute Gasteiger partial charge is 0.449 e. The number of ether oxygens (including phenoxy) is 1. The summed E-state index contributed by atoms with van der Waals surface area (Å²) in [5.41, 5.74) is 2.04. The summed E-state index contributed by atoms with van der Waals surface area (Å²) in [5.74, 6) is -1.11. The van der Waals surface area contributed by atoms with E-state index in [4.69, 9.17) is 21.6 Å². The number of nitriles is 1. The van der Waals surface area contributed by atoms with E-state index in [1.165, 1.54) is 19.1 Å². The lowest BCUT2D eigenvalue weighted by Gasteiger charge is -2.14. The molecular weight excluding hydrogens is 392 g/mol. The van der Waals surface area contributed by atoms with E-state index in [0.29, 0.717) is 23.4 Å². The second-order valence-electron chi connectivity index (χ2n) is 6.24. The fraction of sp³-hybridized carbons (Fsp3) is 0.143. The number of hydrogen-bond acceptors (Lipinski definition) is 5. The summed E-state index contributed by atoms with van der Waals surface area (Å²) in [4.78, 5) is 24.6. The van der Waals surface area contributed by atoms with Gasteiger partial charge < -0.3 is 10.1 Å². The lowest BCUT2D eigenvalue weighted by molar-refractivity contribution is -0.123. The molecule has 0 spiro atoms. The van der Waals surface area contributed by atoms with Crippen molar-refractivity contribution in [3.05, 3.63) is 82.6 Å². The van der Waals surface area contributed by atoms with Gasteiger partial charge in [-0.25, -0.2) is 4.79 Å². The third-order valence-electron chi connectivity index (χ3n) is 4.10. The van der Waals surface area contributed by atoms with Crippen LogP contribution in [0.25, 0.3) is 0 Å². The van der Waals surface area contributed by atoms with Crippen LogP contribution >= 0.6 is 11.6 Å². The SMILES string of the molecule is CC(OC(=O)c1ccc(Cn2cccn2)cc1)C(=O)Nc1ccc(C#N)c(Cl)c1. The van der Waals surface area contributed by atoms with Gasteiger partial charge in [-0.2, -0.15) is 10.4 Å². The van der Waals surface area contributed by atoms with Crippen LogP contribution in [-0.4, -0.2) is 27.8 Å². The first-order chi connectivity index (χ1) is 14.0.